The fourth-order valence-corrected chi connectivity index (χ4v) is 2.43. The first-order valence-corrected chi connectivity index (χ1v) is 7.53. The van der Waals surface area contributed by atoms with Crippen LogP contribution >= 0.6 is 15.9 Å². The van der Waals surface area contributed by atoms with E-state index in [-0.39, 0.29) is 12.3 Å². The number of carboxylic acid groups (broad SMARTS) is 1. The number of halogens is 1. The summed E-state index contributed by atoms with van der Waals surface area (Å²) in [6.07, 6.45) is 3.33. The molecule has 1 aromatic rings. The number of carboxylic acids is 1. The highest BCUT2D eigenvalue weighted by Gasteiger charge is 2.15. The zero-order chi connectivity index (χ0) is 15.1. The molecule has 1 atom stereocenters. The minimum atomic E-state index is -0.768. The average Bonchev–Trinajstić information content (AvgIpc) is 2.79. The Hall–Kier alpha value is -1.30. The molecule has 0 aliphatic rings. The number of aromatic amines is 1. The number of amides is 1. The molecule has 112 valence electrons. The van der Waals surface area contributed by atoms with Crippen LogP contribution in [0.25, 0.3) is 0 Å². The molecule has 1 heterocycles. The van der Waals surface area contributed by atoms with E-state index in [9.17, 15) is 9.59 Å². The molecule has 3 N–H and O–H groups in total. The van der Waals surface area contributed by atoms with Crippen LogP contribution < -0.4 is 5.32 Å². The molecule has 0 saturated carbocycles. The predicted molar refractivity (Wildman–Crippen MR) is 80.6 cm³/mol. The van der Waals surface area contributed by atoms with Gasteiger partial charge in [0.15, 0.2) is 0 Å². The van der Waals surface area contributed by atoms with Crippen molar-refractivity contribution in [3.63, 3.8) is 0 Å². The normalized spacial score (nSPS) is 12.4. The van der Waals surface area contributed by atoms with Gasteiger partial charge in [0.1, 0.15) is 5.69 Å². The molecule has 0 aromatic carbocycles. The van der Waals surface area contributed by atoms with Crippen LogP contribution in [0.3, 0.4) is 0 Å². The van der Waals surface area contributed by atoms with Crippen LogP contribution in [-0.4, -0.2) is 28.5 Å². The third kappa shape index (κ3) is 5.77. The number of carbonyl (C=O) groups is 2. The van der Waals surface area contributed by atoms with E-state index in [1.807, 2.05) is 0 Å². The van der Waals surface area contributed by atoms with Crippen LogP contribution in [0.4, 0.5) is 0 Å². The van der Waals surface area contributed by atoms with E-state index < -0.39 is 5.97 Å². The maximum Gasteiger partial charge on any atom is 0.303 e. The summed E-state index contributed by atoms with van der Waals surface area (Å²) in [5.41, 5.74) is 0.517. The van der Waals surface area contributed by atoms with E-state index in [2.05, 4.69) is 40.1 Å². The number of hydrogen-bond donors (Lipinski definition) is 3. The maximum absolute atomic E-state index is 11.8. The lowest BCUT2D eigenvalue weighted by Crippen LogP contribution is -2.27. The molecule has 0 spiro atoms. The first-order chi connectivity index (χ1) is 9.40. The maximum atomic E-state index is 11.8. The van der Waals surface area contributed by atoms with Crippen molar-refractivity contribution in [3.05, 3.63) is 22.4 Å². The van der Waals surface area contributed by atoms with Gasteiger partial charge in [0, 0.05) is 23.6 Å². The second kappa shape index (κ2) is 8.09. The number of rotatable bonds is 8. The molecule has 6 heteroatoms. The van der Waals surface area contributed by atoms with Crippen molar-refractivity contribution in [2.24, 2.45) is 11.8 Å². The van der Waals surface area contributed by atoms with Crippen molar-refractivity contribution >= 4 is 27.8 Å². The fraction of sp³-hybridized carbons (Fsp3) is 0.571. The first kappa shape index (κ1) is 16.8. The Bertz CT molecular complexity index is 457. The summed E-state index contributed by atoms with van der Waals surface area (Å²) in [6, 6.07) is 1.72. The minimum absolute atomic E-state index is 0.142. The van der Waals surface area contributed by atoms with E-state index in [1.165, 1.54) is 0 Å². The SMILES string of the molecule is CC(C)C(CCNC(=O)c1cc(Br)c[nH]1)CCC(=O)O. The summed E-state index contributed by atoms with van der Waals surface area (Å²) in [7, 11) is 0. The van der Waals surface area contributed by atoms with Crippen LogP contribution in [0.5, 0.6) is 0 Å². The molecule has 1 amide bonds. The third-order valence-corrected chi connectivity index (χ3v) is 3.82. The Morgan fingerprint density at radius 1 is 1.40 bits per heavy atom. The van der Waals surface area contributed by atoms with Gasteiger partial charge in [0.2, 0.25) is 0 Å². The summed E-state index contributed by atoms with van der Waals surface area (Å²) in [6.45, 7) is 4.71. The van der Waals surface area contributed by atoms with Gasteiger partial charge < -0.3 is 15.4 Å². The van der Waals surface area contributed by atoms with Crippen LogP contribution in [0.1, 0.15) is 43.6 Å². The Kier molecular flexibility index (Phi) is 6.78. The second-order valence-corrected chi connectivity index (χ2v) is 6.13. The van der Waals surface area contributed by atoms with Gasteiger partial charge in [-0.05, 0) is 46.7 Å². The number of carbonyl (C=O) groups excluding carboxylic acids is 1. The molecule has 0 radical (unpaired) electrons. The molecule has 20 heavy (non-hydrogen) atoms. The number of hydrogen-bond acceptors (Lipinski definition) is 2. The van der Waals surface area contributed by atoms with E-state index in [0.29, 0.717) is 30.5 Å². The van der Waals surface area contributed by atoms with Crippen LogP contribution in [0.2, 0.25) is 0 Å². The molecule has 5 nitrogen and oxygen atoms in total. The molecule has 1 rings (SSSR count). The average molecular weight is 345 g/mol. The van der Waals surface area contributed by atoms with Gasteiger partial charge in [0.05, 0.1) is 0 Å². The van der Waals surface area contributed by atoms with Crippen molar-refractivity contribution in [2.75, 3.05) is 6.54 Å². The molecule has 0 aliphatic heterocycles. The quantitative estimate of drug-likeness (QED) is 0.677. The van der Waals surface area contributed by atoms with Gasteiger partial charge in [-0.15, -0.1) is 0 Å². The van der Waals surface area contributed by atoms with E-state index >= 15 is 0 Å². The molecule has 0 aliphatic carbocycles. The van der Waals surface area contributed by atoms with Crippen molar-refractivity contribution in [2.45, 2.75) is 33.1 Å². The Labute approximate surface area is 127 Å². The summed E-state index contributed by atoms with van der Waals surface area (Å²) >= 11 is 3.28. The molecule has 1 unspecified atom stereocenters. The number of aromatic nitrogens is 1. The largest absolute Gasteiger partial charge is 0.481 e. The molecular weight excluding hydrogens is 324 g/mol. The van der Waals surface area contributed by atoms with Gasteiger partial charge in [-0.25, -0.2) is 0 Å². The van der Waals surface area contributed by atoms with Crippen molar-refractivity contribution in [3.8, 4) is 0 Å². The van der Waals surface area contributed by atoms with Crippen molar-refractivity contribution in [1.82, 2.24) is 10.3 Å². The first-order valence-electron chi connectivity index (χ1n) is 6.74. The van der Waals surface area contributed by atoms with Gasteiger partial charge in [-0.2, -0.15) is 0 Å². The van der Waals surface area contributed by atoms with Crippen molar-refractivity contribution < 1.29 is 14.7 Å². The highest BCUT2D eigenvalue weighted by Crippen LogP contribution is 2.20. The smallest absolute Gasteiger partial charge is 0.303 e. The van der Waals surface area contributed by atoms with Gasteiger partial charge >= 0.3 is 5.97 Å². The number of nitrogens with one attached hydrogen (secondary N) is 2. The zero-order valence-corrected chi connectivity index (χ0v) is 13.4. The van der Waals surface area contributed by atoms with Gasteiger partial charge in [0.25, 0.3) is 5.91 Å². The Morgan fingerprint density at radius 3 is 2.60 bits per heavy atom. The lowest BCUT2D eigenvalue weighted by atomic mass is 9.88. The Balaban J connectivity index is 2.36. The predicted octanol–water partition coefficient (Wildman–Crippen LogP) is 3.03. The number of aliphatic carboxylic acids is 1. The van der Waals surface area contributed by atoms with Crippen LogP contribution in [0.15, 0.2) is 16.7 Å². The summed E-state index contributed by atoms with van der Waals surface area (Å²) in [5.74, 6) is -0.194. The topological polar surface area (TPSA) is 82.2 Å². The lowest BCUT2D eigenvalue weighted by Gasteiger charge is -2.20. The fourth-order valence-electron chi connectivity index (χ4n) is 2.09. The Morgan fingerprint density at radius 2 is 2.10 bits per heavy atom. The molecule has 0 fully saturated rings. The molecular formula is C14H21BrN2O3. The summed E-state index contributed by atoms with van der Waals surface area (Å²) < 4.78 is 0.837. The molecule has 1 aromatic heterocycles. The van der Waals surface area contributed by atoms with E-state index in [4.69, 9.17) is 5.11 Å². The summed E-state index contributed by atoms with van der Waals surface area (Å²) in [5, 5.41) is 11.6. The number of H-pyrrole nitrogens is 1. The highest BCUT2D eigenvalue weighted by atomic mass is 79.9. The second-order valence-electron chi connectivity index (χ2n) is 5.21. The monoisotopic (exact) mass is 344 g/mol. The lowest BCUT2D eigenvalue weighted by molar-refractivity contribution is -0.137. The standard InChI is InChI=1S/C14H21BrN2O3/c1-9(2)10(3-4-13(18)19)5-6-16-14(20)12-7-11(15)8-17-12/h7-10,17H,3-6H2,1-2H3,(H,16,20)(H,18,19). The van der Waals surface area contributed by atoms with Crippen molar-refractivity contribution in [1.29, 1.82) is 0 Å². The zero-order valence-electron chi connectivity index (χ0n) is 11.8. The third-order valence-electron chi connectivity index (χ3n) is 3.36. The minimum Gasteiger partial charge on any atom is -0.481 e. The van der Waals surface area contributed by atoms with Gasteiger partial charge in [-0.3, -0.25) is 9.59 Å². The van der Waals surface area contributed by atoms with E-state index in [0.717, 1.165) is 10.9 Å². The molecule has 0 bridgehead atoms. The van der Waals surface area contributed by atoms with Gasteiger partial charge in [-0.1, -0.05) is 13.8 Å². The van der Waals surface area contributed by atoms with Crippen LogP contribution in [0, 0.1) is 11.8 Å². The highest BCUT2D eigenvalue weighted by molar-refractivity contribution is 9.10. The van der Waals surface area contributed by atoms with Crippen LogP contribution in [-0.2, 0) is 4.79 Å². The van der Waals surface area contributed by atoms with E-state index in [1.54, 1.807) is 12.3 Å². The summed E-state index contributed by atoms with van der Waals surface area (Å²) in [4.78, 5) is 25.3. The molecule has 0 saturated heterocycles.